The summed E-state index contributed by atoms with van der Waals surface area (Å²) in [6.07, 6.45) is 0. The number of hydrogen-bond acceptors (Lipinski definition) is 5. The van der Waals surface area contributed by atoms with Crippen LogP contribution in [0.15, 0.2) is 66.7 Å². The highest BCUT2D eigenvalue weighted by Crippen LogP contribution is 2.46. The highest BCUT2D eigenvalue weighted by atomic mass is 19.1. The molecule has 2 N–H and O–H groups in total. The smallest absolute Gasteiger partial charge is 0.277 e. The fourth-order valence-electron chi connectivity index (χ4n) is 4.33. The van der Waals surface area contributed by atoms with Crippen molar-refractivity contribution in [3.05, 3.63) is 89.4 Å². The first-order valence-electron chi connectivity index (χ1n) is 10.7. The van der Waals surface area contributed by atoms with Gasteiger partial charge < -0.3 is 14.7 Å². The standard InChI is InChI=1S/C26H23FN4O3/c1-30(2)18-9-11-19(12-10-18)31-25(16-6-13-20(32)21(14-16)34-3)22-23(28-29-24(22)26(31)33)15-4-7-17(27)8-5-15/h4-14,25,32H,1-3H3,(H,28,29)/t25-/m1/s1. The maximum Gasteiger partial charge on any atom is 0.277 e. The molecule has 0 saturated carbocycles. The molecule has 7 nitrogen and oxygen atoms in total. The lowest BCUT2D eigenvalue weighted by molar-refractivity contribution is 0.0988. The first-order valence-corrected chi connectivity index (χ1v) is 10.7. The number of nitrogens with zero attached hydrogens (tertiary/aromatic N) is 3. The van der Waals surface area contributed by atoms with Gasteiger partial charge in [0.1, 0.15) is 11.5 Å². The van der Waals surface area contributed by atoms with Crippen LogP contribution in [0.4, 0.5) is 15.8 Å². The number of phenols is 1. The number of aromatic nitrogens is 2. The molecule has 0 spiro atoms. The summed E-state index contributed by atoms with van der Waals surface area (Å²) in [4.78, 5) is 17.3. The number of benzene rings is 3. The van der Waals surface area contributed by atoms with Crippen molar-refractivity contribution in [2.24, 2.45) is 0 Å². The zero-order valence-electron chi connectivity index (χ0n) is 18.9. The van der Waals surface area contributed by atoms with Gasteiger partial charge in [0, 0.05) is 36.6 Å². The molecular weight excluding hydrogens is 435 g/mol. The van der Waals surface area contributed by atoms with E-state index in [-0.39, 0.29) is 17.5 Å². The number of carbonyl (C=O) groups is 1. The molecule has 34 heavy (non-hydrogen) atoms. The van der Waals surface area contributed by atoms with E-state index in [0.29, 0.717) is 34.0 Å². The van der Waals surface area contributed by atoms with Gasteiger partial charge in [-0.2, -0.15) is 5.10 Å². The number of H-pyrrole nitrogens is 1. The van der Waals surface area contributed by atoms with Crippen LogP contribution >= 0.6 is 0 Å². The number of amides is 1. The Balaban J connectivity index is 1.70. The van der Waals surface area contributed by atoms with Crippen molar-refractivity contribution in [1.82, 2.24) is 10.2 Å². The molecule has 0 aliphatic carbocycles. The van der Waals surface area contributed by atoms with E-state index in [1.807, 2.05) is 43.3 Å². The Bertz CT molecular complexity index is 1360. The largest absolute Gasteiger partial charge is 0.504 e. The molecule has 1 aliphatic heterocycles. The van der Waals surface area contributed by atoms with Crippen LogP contribution in [0, 0.1) is 5.82 Å². The lowest BCUT2D eigenvalue weighted by Crippen LogP contribution is -2.29. The van der Waals surface area contributed by atoms with Crippen LogP contribution in [-0.4, -0.2) is 42.4 Å². The number of methoxy groups -OCH3 is 1. The minimum atomic E-state index is -0.541. The van der Waals surface area contributed by atoms with E-state index in [9.17, 15) is 14.3 Å². The van der Waals surface area contributed by atoms with Crippen LogP contribution in [0.25, 0.3) is 11.3 Å². The van der Waals surface area contributed by atoms with Crippen LogP contribution in [0.1, 0.15) is 27.7 Å². The summed E-state index contributed by atoms with van der Waals surface area (Å²) >= 11 is 0. The van der Waals surface area contributed by atoms with Gasteiger partial charge in [0.05, 0.1) is 18.8 Å². The number of phenolic OH excluding ortho intramolecular Hbond substituents is 1. The molecule has 0 radical (unpaired) electrons. The van der Waals surface area contributed by atoms with Crippen LogP contribution in [-0.2, 0) is 0 Å². The summed E-state index contributed by atoms with van der Waals surface area (Å²) in [7, 11) is 5.38. The highest BCUT2D eigenvalue weighted by Gasteiger charge is 2.43. The van der Waals surface area contributed by atoms with Gasteiger partial charge in [0.15, 0.2) is 11.5 Å². The summed E-state index contributed by atoms with van der Waals surface area (Å²) in [5, 5.41) is 17.4. The van der Waals surface area contributed by atoms with E-state index >= 15 is 0 Å². The number of anilines is 2. The lowest BCUT2D eigenvalue weighted by Gasteiger charge is -2.27. The number of carbonyl (C=O) groups excluding carboxylic acids is 1. The van der Waals surface area contributed by atoms with E-state index < -0.39 is 6.04 Å². The number of fused-ring (bicyclic) bond motifs is 1. The van der Waals surface area contributed by atoms with E-state index in [0.717, 1.165) is 11.3 Å². The molecule has 0 saturated heterocycles. The van der Waals surface area contributed by atoms with Gasteiger partial charge in [-0.15, -0.1) is 0 Å². The van der Waals surface area contributed by atoms with Crippen LogP contribution < -0.4 is 14.5 Å². The molecule has 0 unspecified atom stereocenters. The second-order valence-corrected chi connectivity index (χ2v) is 8.29. The van der Waals surface area contributed by atoms with E-state index in [2.05, 4.69) is 10.2 Å². The molecule has 3 aromatic carbocycles. The molecule has 8 heteroatoms. The Morgan fingerprint density at radius 3 is 2.41 bits per heavy atom. The Morgan fingerprint density at radius 1 is 1.06 bits per heavy atom. The quantitative estimate of drug-likeness (QED) is 0.451. The predicted molar refractivity (Wildman–Crippen MR) is 128 cm³/mol. The van der Waals surface area contributed by atoms with Gasteiger partial charge >= 0.3 is 0 Å². The molecule has 0 fully saturated rings. The molecule has 1 amide bonds. The normalized spacial score (nSPS) is 14.9. The zero-order chi connectivity index (χ0) is 24.0. The average molecular weight is 458 g/mol. The second-order valence-electron chi connectivity index (χ2n) is 8.29. The minimum absolute atomic E-state index is 0.00337. The molecule has 2 heterocycles. The van der Waals surface area contributed by atoms with Gasteiger partial charge in [-0.1, -0.05) is 6.07 Å². The zero-order valence-corrected chi connectivity index (χ0v) is 18.9. The summed E-state index contributed by atoms with van der Waals surface area (Å²) in [5.74, 6) is -0.281. The van der Waals surface area contributed by atoms with Crippen molar-refractivity contribution >= 4 is 17.3 Å². The molecule has 5 rings (SSSR count). The lowest BCUT2D eigenvalue weighted by atomic mass is 9.95. The first-order chi connectivity index (χ1) is 16.4. The molecule has 172 valence electrons. The monoisotopic (exact) mass is 458 g/mol. The number of halogens is 1. The molecule has 1 atom stereocenters. The van der Waals surface area contributed by atoms with Crippen molar-refractivity contribution in [3.8, 4) is 22.8 Å². The SMILES string of the molecule is COc1cc([C@@H]2c3c(-c4ccc(F)cc4)n[nH]c3C(=O)N2c2ccc(N(C)C)cc2)ccc1O. The van der Waals surface area contributed by atoms with E-state index in [4.69, 9.17) is 4.74 Å². The number of hydrogen-bond donors (Lipinski definition) is 2. The van der Waals surface area contributed by atoms with Gasteiger partial charge in [-0.3, -0.25) is 14.8 Å². The van der Waals surface area contributed by atoms with Crippen LogP contribution in [0.3, 0.4) is 0 Å². The Kier molecular flexibility index (Phi) is 5.20. The van der Waals surface area contributed by atoms with Crippen molar-refractivity contribution < 1.29 is 19.0 Å². The van der Waals surface area contributed by atoms with Crippen molar-refractivity contribution in [2.45, 2.75) is 6.04 Å². The van der Waals surface area contributed by atoms with E-state index in [1.54, 1.807) is 35.2 Å². The van der Waals surface area contributed by atoms with Gasteiger partial charge in [-0.05, 0) is 66.2 Å². The van der Waals surface area contributed by atoms with Gasteiger partial charge in [0.2, 0.25) is 0 Å². The molecule has 1 aromatic heterocycles. The molecule has 0 bridgehead atoms. The highest BCUT2D eigenvalue weighted by molar-refractivity contribution is 6.11. The summed E-state index contributed by atoms with van der Waals surface area (Å²) in [6.45, 7) is 0. The number of aromatic amines is 1. The van der Waals surface area contributed by atoms with E-state index in [1.165, 1.54) is 19.2 Å². The molecule has 4 aromatic rings. The third-order valence-corrected chi connectivity index (χ3v) is 6.05. The summed E-state index contributed by atoms with van der Waals surface area (Å²) in [5.41, 5.74) is 4.75. The number of rotatable bonds is 5. The van der Waals surface area contributed by atoms with Crippen molar-refractivity contribution in [1.29, 1.82) is 0 Å². The van der Waals surface area contributed by atoms with Crippen molar-refractivity contribution in [3.63, 3.8) is 0 Å². The third kappa shape index (κ3) is 3.44. The predicted octanol–water partition coefficient (Wildman–Crippen LogP) is 4.75. The van der Waals surface area contributed by atoms with Crippen LogP contribution in [0.5, 0.6) is 11.5 Å². The average Bonchev–Trinajstić information content (AvgIpc) is 3.39. The Hall–Kier alpha value is -4.33. The van der Waals surface area contributed by atoms with Crippen LogP contribution in [0.2, 0.25) is 0 Å². The van der Waals surface area contributed by atoms with Gasteiger partial charge in [0.25, 0.3) is 5.91 Å². The fourth-order valence-corrected chi connectivity index (χ4v) is 4.33. The third-order valence-electron chi connectivity index (χ3n) is 6.05. The number of aromatic hydroxyl groups is 1. The molecular formula is C26H23FN4O3. The van der Waals surface area contributed by atoms with Crippen molar-refractivity contribution in [2.75, 3.05) is 31.0 Å². The maximum atomic E-state index is 13.6. The first kappa shape index (κ1) is 21.5. The summed E-state index contributed by atoms with van der Waals surface area (Å²) < 4.78 is 18.9. The minimum Gasteiger partial charge on any atom is -0.504 e. The summed E-state index contributed by atoms with van der Waals surface area (Å²) in [6, 6.07) is 18.2. The number of ether oxygens (including phenoxy) is 1. The second kappa shape index (κ2) is 8.22. The van der Waals surface area contributed by atoms with Gasteiger partial charge in [-0.25, -0.2) is 4.39 Å². The topological polar surface area (TPSA) is 81.7 Å². The number of nitrogens with one attached hydrogen (secondary N) is 1. The molecule has 1 aliphatic rings. The maximum absolute atomic E-state index is 13.6. The Morgan fingerprint density at radius 2 is 1.76 bits per heavy atom. The fraction of sp³-hybridized carbons (Fsp3) is 0.154. The Labute approximate surface area is 196 Å².